The lowest BCUT2D eigenvalue weighted by Gasteiger charge is -1.99. The third kappa shape index (κ3) is 1.76. The molecule has 0 aliphatic heterocycles. The first kappa shape index (κ1) is 10.9. The van der Waals surface area contributed by atoms with Gasteiger partial charge in [0.2, 0.25) is 5.89 Å². The van der Waals surface area contributed by atoms with E-state index in [0.29, 0.717) is 33.3 Å². The monoisotopic (exact) mass is 260 g/mol. The fourth-order valence-corrected chi connectivity index (χ4v) is 1.87. The van der Waals surface area contributed by atoms with E-state index in [2.05, 4.69) is 4.98 Å². The number of oxazole rings is 1. The Morgan fingerprint density at radius 3 is 2.78 bits per heavy atom. The fraction of sp³-hybridized carbons (Fsp3) is 0. The molecule has 0 aliphatic rings. The Bertz CT molecular complexity index is 737. The van der Waals surface area contributed by atoms with Gasteiger partial charge in [-0.2, -0.15) is 0 Å². The Balaban J connectivity index is 2.16. The minimum atomic E-state index is 0.00721. The number of anilines is 1. The minimum Gasteiger partial charge on any atom is -0.506 e. The van der Waals surface area contributed by atoms with E-state index in [0.717, 1.165) is 0 Å². The largest absolute Gasteiger partial charge is 0.506 e. The van der Waals surface area contributed by atoms with Crippen molar-refractivity contribution in [3.63, 3.8) is 0 Å². The van der Waals surface area contributed by atoms with Crippen LogP contribution >= 0.6 is 11.6 Å². The maximum atomic E-state index is 9.56. The Kier molecular flexibility index (Phi) is 2.38. The number of aromatic nitrogens is 1. The van der Waals surface area contributed by atoms with Gasteiger partial charge in [0.05, 0.1) is 5.69 Å². The highest BCUT2D eigenvalue weighted by molar-refractivity contribution is 6.31. The summed E-state index contributed by atoms with van der Waals surface area (Å²) in [6.45, 7) is 0. The quantitative estimate of drug-likeness (QED) is 0.519. The highest BCUT2D eigenvalue weighted by Gasteiger charge is 2.10. The van der Waals surface area contributed by atoms with Crippen molar-refractivity contribution < 1.29 is 9.52 Å². The smallest absolute Gasteiger partial charge is 0.227 e. The summed E-state index contributed by atoms with van der Waals surface area (Å²) in [5.74, 6) is 0.426. The van der Waals surface area contributed by atoms with Gasteiger partial charge in [-0.15, -0.1) is 0 Å². The van der Waals surface area contributed by atoms with Crippen LogP contribution < -0.4 is 5.73 Å². The summed E-state index contributed by atoms with van der Waals surface area (Å²) in [7, 11) is 0. The molecule has 0 fully saturated rings. The number of hydrogen-bond acceptors (Lipinski definition) is 4. The van der Waals surface area contributed by atoms with Gasteiger partial charge in [-0.05, 0) is 36.4 Å². The molecule has 0 saturated heterocycles. The maximum Gasteiger partial charge on any atom is 0.227 e. The van der Waals surface area contributed by atoms with Gasteiger partial charge in [0.25, 0.3) is 0 Å². The van der Waals surface area contributed by atoms with Gasteiger partial charge < -0.3 is 15.3 Å². The van der Waals surface area contributed by atoms with Gasteiger partial charge in [0.1, 0.15) is 11.3 Å². The topological polar surface area (TPSA) is 72.3 Å². The first-order valence-electron chi connectivity index (χ1n) is 5.28. The number of nitrogens with zero attached hydrogens (tertiary/aromatic N) is 1. The Morgan fingerprint density at radius 1 is 1.17 bits per heavy atom. The lowest BCUT2D eigenvalue weighted by atomic mass is 10.2. The molecule has 1 heterocycles. The number of nitrogens with two attached hydrogens (primary N) is 1. The van der Waals surface area contributed by atoms with Crippen LogP contribution in [0, 0.1) is 0 Å². The molecule has 0 saturated carbocycles. The van der Waals surface area contributed by atoms with Gasteiger partial charge in [-0.1, -0.05) is 11.6 Å². The second-order valence-electron chi connectivity index (χ2n) is 3.90. The number of nitrogen functional groups attached to an aromatic ring is 1. The van der Waals surface area contributed by atoms with Gasteiger partial charge in [0, 0.05) is 10.6 Å². The second-order valence-corrected chi connectivity index (χ2v) is 4.34. The normalized spacial score (nSPS) is 10.9. The van der Waals surface area contributed by atoms with Crippen molar-refractivity contribution in [2.75, 3.05) is 5.73 Å². The first-order chi connectivity index (χ1) is 8.63. The third-order valence-electron chi connectivity index (χ3n) is 2.63. The third-order valence-corrected chi connectivity index (χ3v) is 2.86. The lowest BCUT2D eigenvalue weighted by Crippen LogP contribution is -1.85. The molecule has 5 heteroatoms. The van der Waals surface area contributed by atoms with Gasteiger partial charge >= 0.3 is 0 Å². The van der Waals surface area contributed by atoms with Crippen LogP contribution in [0.25, 0.3) is 22.6 Å². The van der Waals surface area contributed by atoms with Crippen LogP contribution in [0.4, 0.5) is 5.69 Å². The molecule has 3 N–H and O–H groups in total. The molecule has 0 radical (unpaired) electrons. The number of phenols is 1. The molecule has 0 amide bonds. The van der Waals surface area contributed by atoms with Crippen LogP contribution in [0.15, 0.2) is 40.8 Å². The second kappa shape index (κ2) is 3.92. The van der Waals surface area contributed by atoms with Crippen LogP contribution in [-0.2, 0) is 0 Å². The van der Waals surface area contributed by atoms with E-state index in [-0.39, 0.29) is 5.75 Å². The maximum absolute atomic E-state index is 9.56. The predicted molar refractivity (Wildman–Crippen MR) is 70.5 cm³/mol. The molecular weight excluding hydrogens is 252 g/mol. The Morgan fingerprint density at radius 2 is 2.00 bits per heavy atom. The van der Waals surface area contributed by atoms with Gasteiger partial charge in [0.15, 0.2) is 5.58 Å². The SMILES string of the molecule is Nc1ccc(-c2nc3cc(Cl)ccc3o2)cc1O. The van der Waals surface area contributed by atoms with Crippen molar-refractivity contribution in [2.45, 2.75) is 0 Å². The van der Waals surface area contributed by atoms with Crippen molar-refractivity contribution in [1.82, 2.24) is 4.98 Å². The van der Waals surface area contributed by atoms with E-state index in [1.165, 1.54) is 6.07 Å². The molecule has 0 bridgehead atoms. The van der Waals surface area contributed by atoms with Gasteiger partial charge in [-0.3, -0.25) is 0 Å². The molecule has 18 heavy (non-hydrogen) atoms. The molecular formula is C13H9ClN2O2. The molecule has 90 valence electrons. The van der Waals surface area contributed by atoms with Crippen LogP contribution in [0.1, 0.15) is 0 Å². The van der Waals surface area contributed by atoms with E-state index < -0.39 is 0 Å². The Hall–Kier alpha value is -2.20. The zero-order valence-corrected chi connectivity index (χ0v) is 9.98. The average molecular weight is 261 g/mol. The zero-order chi connectivity index (χ0) is 12.7. The molecule has 3 aromatic rings. The number of rotatable bonds is 1. The number of benzene rings is 2. The molecule has 0 unspecified atom stereocenters. The zero-order valence-electron chi connectivity index (χ0n) is 9.22. The molecule has 4 nitrogen and oxygen atoms in total. The van der Waals surface area contributed by atoms with Crippen molar-refractivity contribution >= 4 is 28.4 Å². The minimum absolute atomic E-state index is 0.00721. The fourth-order valence-electron chi connectivity index (χ4n) is 1.70. The number of fused-ring (bicyclic) bond motifs is 1. The van der Waals surface area contributed by atoms with E-state index in [4.69, 9.17) is 21.8 Å². The highest BCUT2D eigenvalue weighted by atomic mass is 35.5. The summed E-state index contributed by atoms with van der Waals surface area (Å²) in [6.07, 6.45) is 0. The van der Waals surface area contributed by atoms with E-state index in [9.17, 15) is 5.11 Å². The van der Waals surface area contributed by atoms with Crippen LogP contribution in [0.2, 0.25) is 5.02 Å². The molecule has 0 aliphatic carbocycles. The summed E-state index contributed by atoms with van der Waals surface area (Å²) >= 11 is 5.88. The van der Waals surface area contributed by atoms with E-state index in [1.807, 2.05) is 0 Å². The number of hydrogen-bond donors (Lipinski definition) is 2. The summed E-state index contributed by atoms with van der Waals surface area (Å²) < 4.78 is 5.58. The highest BCUT2D eigenvalue weighted by Crippen LogP contribution is 2.30. The number of halogens is 1. The molecule has 0 atom stereocenters. The van der Waals surface area contributed by atoms with Crippen molar-refractivity contribution in [3.8, 4) is 17.2 Å². The molecule has 2 aromatic carbocycles. The van der Waals surface area contributed by atoms with Crippen LogP contribution in [0.3, 0.4) is 0 Å². The lowest BCUT2D eigenvalue weighted by molar-refractivity contribution is 0.478. The summed E-state index contributed by atoms with van der Waals surface area (Å²) in [6, 6.07) is 10.1. The summed E-state index contributed by atoms with van der Waals surface area (Å²) in [5.41, 5.74) is 7.84. The first-order valence-corrected chi connectivity index (χ1v) is 5.66. The standard InChI is InChI=1S/C13H9ClN2O2/c14-8-2-4-12-10(6-8)16-13(18-12)7-1-3-9(15)11(17)5-7/h1-6,17H,15H2. The molecule has 3 rings (SSSR count). The summed E-state index contributed by atoms with van der Waals surface area (Å²) in [4.78, 5) is 4.31. The predicted octanol–water partition coefficient (Wildman–Crippen LogP) is 3.44. The molecule has 0 spiro atoms. The van der Waals surface area contributed by atoms with Gasteiger partial charge in [-0.25, -0.2) is 4.98 Å². The van der Waals surface area contributed by atoms with E-state index >= 15 is 0 Å². The van der Waals surface area contributed by atoms with Crippen molar-refractivity contribution in [3.05, 3.63) is 41.4 Å². The average Bonchev–Trinajstić information content (AvgIpc) is 2.75. The van der Waals surface area contributed by atoms with Crippen LogP contribution in [0.5, 0.6) is 5.75 Å². The molecule has 1 aromatic heterocycles. The van der Waals surface area contributed by atoms with E-state index in [1.54, 1.807) is 30.3 Å². The number of aromatic hydroxyl groups is 1. The number of phenolic OH excluding ortho intramolecular Hbond substituents is 1. The Labute approximate surface area is 108 Å². The van der Waals surface area contributed by atoms with Crippen molar-refractivity contribution in [1.29, 1.82) is 0 Å². The van der Waals surface area contributed by atoms with Crippen LogP contribution in [-0.4, -0.2) is 10.1 Å². The summed E-state index contributed by atoms with van der Waals surface area (Å²) in [5, 5.41) is 10.2. The van der Waals surface area contributed by atoms with Crippen molar-refractivity contribution in [2.24, 2.45) is 0 Å².